The monoisotopic (exact) mass is 425 g/mol. The van der Waals surface area contributed by atoms with Gasteiger partial charge in [-0.25, -0.2) is 0 Å². The van der Waals surface area contributed by atoms with E-state index in [4.69, 9.17) is 10.5 Å². The van der Waals surface area contributed by atoms with Crippen molar-refractivity contribution in [1.29, 1.82) is 0 Å². The standard InChI is InChI=1S/C23H27N3O3S/c1-2-3-4-5-22(27)29-15-16-6-8-17(9-7-16)19(13-24)23(28)26-21-12-18-10-11-25-14-20(18)30-21/h6-12,14,19H,2-5,13,15,24H2,1H3,(H,26,28)/t19-/m1/s1. The van der Waals surface area contributed by atoms with Crippen LogP contribution in [0.15, 0.2) is 48.8 Å². The molecule has 7 heteroatoms. The van der Waals surface area contributed by atoms with E-state index in [9.17, 15) is 9.59 Å². The van der Waals surface area contributed by atoms with E-state index in [2.05, 4.69) is 17.2 Å². The van der Waals surface area contributed by atoms with Gasteiger partial charge in [0.05, 0.1) is 15.6 Å². The topological polar surface area (TPSA) is 94.3 Å². The molecule has 1 amide bonds. The maximum absolute atomic E-state index is 12.8. The Labute approximate surface area is 180 Å². The van der Waals surface area contributed by atoms with Crippen LogP contribution >= 0.6 is 11.3 Å². The summed E-state index contributed by atoms with van der Waals surface area (Å²) < 4.78 is 6.33. The van der Waals surface area contributed by atoms with Gasteiger partial charge in [-0.15, -0.1) is 11.3 Å². The van der Waals surface area contributed by atoms with Crippen molar-refractivity contribution in [3.63, 3.8) is 0 Å². The highest BCUT2D eigenvalue weighted by molar-refractivity contribution is 7.22. The van der Waals surface area contributed by atoms with Crippen LogP contribution in [-0.2, 0) is 20.9 Å². The Bertz CT molecular complexity index is 952. The molecule has 2 aromatic heterocycles. The number of rotatable bonds is 10. The Morgan fingerprint density at radius 3 is 2.70 bits per heavy atom. The van der Waals surface area contributed by atoms with E-state index in [0.29, 0.717) is 6.42 Å². The number of aromatic nitrogens is 1. The second-order valence-electron chi connectivity index (χ2n) is 7.16. The highest BCUT2D eigenvalue weighted by Crippen LogP contribution is 2.29. The van der Waals surface area contributed by atoms with Gasteiger partial charge in [-0.05, 0) is 35.1 Å². The zero-order chi connectivity index (χ0) is 21.3. The van der Waals surface area contributed by atoms with Crippen LogP contribution in [-0.4, -0.2) is 23.4 Å². The van der Waals surface area contributed by atoms with E-state index in [1.165, 1.54) is 11.3 Å². The molecule has 0 fully saturated rings. The minimum Gasteiger partial charge on any atom is -0.461 e. The number of nitrogens with two attached hydrogens (primary N) is 1. The summed E-state index contributed by atoms with van der Waals surface area (Å²) in [5.41, 5.74) is 7.61. The Balaban J connectivity index is 1.57. The quantitative estimate of drug-likeness (QED) is 0.366. The lowest BCUT2D eigenvalue weighted by molar-refractivity contribution is -0.145. The number of esters is 1. The second-order valence-corrected chi connectivity index (χ2v) is 8.24. The minimum absolute atomic E-state index is 0.146. The number of anilines is 1. The fourth-order valence-corrected chi connectivity index (χ4v) is 4.08. The van der Waals surface area contributed by atoms with Crippen LogP contribution in [0.1, 0.15) is 49.7 Å². The smallest absolute Gasteiger partial charge is 0.306 e. The number of nitrogens with one attached hydrogen (secondary N) is 1. The van der Waals surface area contributed by atoms with Crippen molar-refractivity contribution in [3.8, 4) is 0 Å². The normalized spacial score (nSPS) is 11.9. The number of hydrogen-bond acceptors (Lipinski definition) is 6. The number of benzene rings is 1. The first-order chi connectivity index (χ1) is 14.6. The van der Waals surface area contributed by atoms with Crippen LogP contribution in [0.4, 0.5) is 5.00 Å². The molecule has 0 spiro atoms. The molecule has 0 saturated carbocycles. The maximum atomic E-state index is 12.8. The van der Waals surface area contributed by atoms with Gasteiger partial charge in [0.1, 0.15) is 6.61 Å². The van der Waals surface area contributed by atoms with Crippen LogP contribution < -0.4 is 11.1 Å². The summed E-state index contributed by atoms with van der Waals surface area (Å²) in [6.45, 7) is 2.53. The molecule has 3 rings (SSSR count). The van der Waals surface area contributed by atoms with E-state index in [1.54, 1.807) is 12.4 Å². The van der Waals surface area contributed by atoms with Crippen LogP contribution in [0.2, 0.25) is 0 Å². The van der Waals surface area contributed by atoms with Gasteiger partial charge in [0.25, 0.3) is 0 Å². The van der Waals surface area contributed by atoms with Gasteiger partial charge in [0, 0.05) is 25.4 Å². The summed E-state index contributed by atoms with van der Waals surface area (Å²) in [7, 11) is 0. The van der Waals surface area contributed by atoms with Gasteiger partial charge in [-0.3, -0.25) is 14.6 Å². The van der Waals surface area contributed by atoms with Gasteiger partial charge in [0.2, 0.25) is 5.91 Å². The average molecular weight is 426 g/mol. The first-order valence-electron chi connectivity index (χ1n) is 10.2. The third-order valence-corrected chi connectivity index (χ3v) is 5.89. The average Bonchev–Trinajstić information content (AvgIpc) is 3.16. The first-order valence-corrected chi connectivity index (χ1v) is 11.0. The third-order valence-electron chi connectivity index (χ3n) is 4.89. The van der Waals surface area contributed by atoms with Crippen molar-refractivity contribution in [2.45, 2.75) is 45.1 Å². The molecule has 3 aromatic rings. The SMILES string of the molecule is CCCCCC(=O)OCc1ccc([C@@H](CN)C(=O)Nc2cc3ccncc3s2)cc1. The Morgan fingerprint density at radius 1 is 1.20 bits per heavy atom. The number of pyridine rings is 1. The van der Waals surface area contributed by atoms with Crippen molar-refractivity contribution >= 4 is 38.3 Å². The lowest BCUT2D eigenvalue weighted by Crippen LogP contribution is -2.27. The molecule has 0 aliphatic heterocycles. The van der Waals surface area contributed by atoms with Crippen molar-refractivity contribution in [3.05, 3.63) is 59.9 Å². The summed E-state index contributed by atoms with van der Waals surface area (Å²) >= 11 is 1.48. The predicted molar refractivity (Wildman–Crippen MR) is 120 cm³/mol. The van der Waals surface area contributed by atoms with Crippen LogP contribution in [0, 0.1) is 0 Å². The van der Waals surface area contributed by atoms with E-state index >= 15 is 0 Å². The van der Waals surface area contributed by atoms with Crippen molar-refractivity contribution in [2.24, 2.45) is 5.73 Å². The lowest BCUT2D eigenvalue weighted by atomic mass is 9.97. The van der Waals surface area contributed by atoms with Crippen LogP contribution in [0.5, 0.6) is 0 Å². The van der Waals surface area contributed by atoms with E-state index < -0.39 is 5.92 Å². The first kappa shape index (κ1) is 21.9. The van der Waals surface area contributed by atoms with Gasteiger partial charge in [-0.2, -0.15) is 0 Å². The van der Waals surface area contributed by atoms with Gasteiger partial charge >= 0.3 is 5.97 Å². The number of hydrogen-bond donors (Lipinski definition) is 2. The molecule has 1 atom stereocenters. The predicted octanol–water partition coefficient (Wildman–Crippen LogP) is 4.60. The number of nitrogens with zero attached hydrogens (tertiary/aromatic N) is 1. The molecule has 0 aliphatic carbocycles. The molecular weight excluding hydrogens is 398 g/mol. The highest BCUT2D eigenvalue weighted by Gasteiger charge is 2.20. The summed E-state index contributed by atoms with van der Waals surface area (Å²) in [4.78, 5) is 28.6. The van der Waals surface area contributed by atoms with Crippen molar-refractivity contribution < 1.29 is 14.3 Å². The molecule has 158 valence electrons. The van der Waals surface area contributed by atoms with Crippen LogP contribution in [0.3, 0.4) is 0 Å². The molecule has 3 N–H and O–H groups in total. The number of carbonyl (C=O) groups excluding carboxylic acids is 2. The fraction of sp³-hybridized carbons (Fsp3) is 0.348. The number of amides is 1. The third kappa shape index (κ3) is 5.87. The number of thiophene rings is 1. The molecule has 0 unspecified atom stereocenters. The Morgan fingerprint density at radius 2 is 2.00 bits per heavy atom. The fourth-order valence-electron chi connectivity index (χ4n) is 3.15. The van der Waals surface area contributed by atoms with Crippen LogP contribution in [0.25, 0.3) is 10.1 Å². The van der Waals surface area contributed by atoms with E-state index in [0.717, 1.165) is 45.5 Å². The van der Waals surface area contributed by atoms with E-state index in [1.807, 2.05) is 36.4 Å². The summed E-state index contributed by atoms with van der Waals surface area (Å²) in [6, 6.07) is 11.3. The zero-order valence-electron chi connectivity index (χ0n) is 17.1. The maximum Gasteiger partial charge on any atom is 0.306 e. The Kier molecular flexibility index (Phi) is 7.93. The molecule has 0 radical (unpaired) electrons. The molecule has 1 aromatic carbocycles. The summed E-state index contributed by atoms with van der Waals surface area (Å²) in [5, 5.41) is 4.78. The number of unbranched alkanes of at least 4 members (excludes halogenated alkanes) is 2. The summed E-state index contributed by atoms with van der Waals surface area (Å²) in [6.07, 6.45) is 6.93. The molecule has 30 heavy (non-hydrogen) atoms. The van der Waals surface area contributed by atoms with Gasteiger partial charge < -0.3 is 15.8 Å². The summed E-state index contributed by atoms with van der Waals surface area (Å²) in [5.74, 6) is -0.781. The second kappa shape index (κ2) is 10.8. The molecule has 0 bridgehead atoms. The number of carbonyl (C=O) groups is 2. The molecule has 0 aliphatic rings. The van der Waals surface area contributed by atoms with E-state index in [-0.39, 0.29) is 25.0 Å². The zero-order valence-corrected chi connectivity index (χ0v) is 17.9. The highest BCUT2D eigenvalue weighted by atomic mass is 32.1. The Hall–Kier alpha value is -2.77. The molecule has 6 nitrogen and oxygen atoms in total. The number of ether oxygens (including phenoxy) is 1. The van der Waals surface area contributed by atoms with Crippen molar-refractivity contribution in [2.75, 3.05) is 11.9 Å². The number of fused-ring (bicyclic) bond motifs is 1. The van der Waals surface area contributed by atoms with Gasteiger partial charge in [-0.1, -0.05) is 44.0 Å². The molecule has 0 saturated heterocycles. The largest absolute Gasteiger partial charge is 0.461 e. The lowest BCUT2D eigenvalue weighted by Gasteiger charge is -2.15. The molecular formula is C23H27N3O3S. The van der Waals surface area contributed by atoms with Crippen molar-refractivity contribution in [1.82, 2.24) is 4.98 Å². The van der Waals surface area contributed by atoms with Gasteiger partial charge in [0.15, 0.2) is 0 Å². The molecule has 2 heterocycles. The minimum atomic E-state index is -0.459.